The number of ether oxygens (including phenoxy) is 1. The van der Waals surface area contributed by atoms with Gasteiger partial charge < -0.3 is 10.1 Å². The molecule has 2 aliphatic heterocycles. The zero-order valence-corrected chi connectivity index (χ0v) is 13.7. The molecule has 0 aromatic rings. The van der Waals surface area contributed by atoms with Gasteiger partial charge in [-0.1, -0.05) is 20.3 Å². The van der Waals surface area contributed by atoms with Crippen LogP contribution in [0.25, 0.3) is 0 Å². The van der Waals surface area contributed by atoms with Crippen molar-refractivity contribution >= 4 is 0 Å². The second-order valence-corrected chi connectivity index (χ2v) is 6.86. The van der Waals surface area contributed by atoms with Crippen LogP contribution in [-0.4, -0.2) is 49.3 Å². The van der Waals surface area contributed by atoms with Gasteiger partial charge in [-0.2, -0.15) is 0 Å². The Morgan fingerprint density at radius 2 is 2.20 bits per heavy atom. The molecule has 3 heteroatoms. The summed E-state index contributed by atoms with van der Waals surface area (Å²) in [7, 11) is 0. The van der Waals surface area contributed by atoms with Gasteiger partial charge in [-0.25, -0.2) is 0 Å². The number of hydrogen-bond donors (Lipinski definition) is 1. The van der Waals surface area contributed by atoms with Crippen molar-refractivity contribution in [2.75, 3.05) is 26.2 Å². The average Bonchev–Trinajstić information content (AvgIpc) is 2.89. The Kier molecular flexibility index (Phi) is 6.79. The van der Waals surface area contributed by atoms with Gasteiger partial charge >= 0.3 is 0 Å². The first-order valence-electron chi connectivity index (χ1n) is 8.79. The van der Waals surface area contributed by atoms with Crippen molar-refractivity contribution in [3.8, 4) is 0 Å². The van der Waals surface area contributed by atoms with Crippen molar-refractivity contribution < 1.29 is 4.74 Å². The second kappa shape index (κ2) is 8.35. The number of nitrogens with zero attached hydrogens (tertiary/aromatic N) is 1. The van der Waals surface area contributed by atoms with Gasteiger partial charge in [-0.3, -0.25) is 4.90 Å². The summed E-state index contributed by atoms with van der Waals surface area (Å²) >= 11 is 0. The van der Waals surface area contributed by atoms with Gasteiger partial charge in [0.25, 0.3) is 0 Å². The van der Waals surface area contributed by atoms with Crippen LogP contribution in [0.2, 0.25) is 0 Å². The smallest absolute Gasteiger partial charge is 0.0576 e. The molecular weight excluding hydrogens is 248 g/mol. The van der Waals surface area contributed by atoms with Crippen LogP contribution < -0.4 is 5.32 Å². The van der Waals surface area contributed by atoms with Gasteiger partial charge in [0.15, 0.2) is 0 Å². The average molecular weight is 282 g/mol. The summed E-state index contributed by atoms with van der Waals surface area (Å²) in [6, 6.07) is 1.40. The highest BCUT2D eigenvalue weighted by molar-refractivity contribution is 4.83. The van der Waals surface area contributed by atoms with Crippen LogP contribution in [0.4, 0.5) is 0 Å². The van der Waals surface area contributed by atoms with Crippen LogP contribution in [0.1, 0.15) is 59.3 Å². The number of rotatable bonds is 6. The number of nitrogens with one attached hydrogen (secondary N) is 1. The van der Waals surface area contributed by atoms with Crippen LogP contribution in [0.5, 0.6) is 0 Å². The molecule has 2 rings (SSSR count). The van der Waals surface area contributed by atoms with Gasteiger partial charge in [0.05, 0.1) is 6.10 Å². The quantitative estimate of drug-likeness (QED) is 0.810. The lowest BCUT2D eigenvalue weighted by atomic mass is 9.98. The molecule has 0 spiro atoms. The summed E-state index contributed by atoms with van der Waals surface area (Å²) in [5, 5.41) is 3.76. The fourth-order valence-corrected chi connectivity index (χ4v) is 3.53. The van der Waals surface area contributed by atoms with E-state index in [0.717, 1.165) is 18.6 Å². The lowest BCUT2D eigenvalue weighted by Crippen LogP contribution is -2.43. The lowest BCUT2D eigenvalue weighted by molar-refractivity contribution is 0.0955. The molecule has 2 saturated heterocycles. The summed E-state index contributed by atoms with van der Waals surface area (Å²) in [6.07, 6.45) is 8.22. The molecule has 2 aliphatic rings. The molecule has 0 aromatic carbocycles. The van der Waals surface area contributed by atoms with E-state index in [4.69, 9.17) is 4.74 Å². The molecule has 4 atom stereocenters. The maximum atomic E-state index is 5.74. The standard InChI is InChI=1S/C17H34N2O/c1-4-14(2)17-13-19(15(3)9-10-18-17)11-5-7-16-8-6-12-20-16/h14-18H,4-13H2,1-3H3. The highest BCUT2D eigenvalue weighted by Gasteiger charge is 2.25. The highest BCUT2D eigenvalue weighted by atomic mass is 16.5. The molecule has 0 aliphatic carbocycles. The Labute approximate surface area is 125 Å². The molecule has 2 heterocycles. The van der Waals surface area contributed by atoms with Gasteiger partial charge in [0, 0.05) is 25.2 Å². The van der Waals surface area contributed by atoms with Crippen molar-refractivity contribution in [2.45, 2.75) is 77.5 Å². The Morgan fingerprint density at radius 1 is 1.35 bits per heavy atom. The molecular formula is C17H34N2O. The summed E-state index contributed by atoms with van der Waals surface area (Å²) in [5.41, 5.74) is 0. The normalized spacial score (nSPS) is 34.0. The Bertz CT molecular complexity index is 266. The molecule has 118 valence electrons. The Hall–Kier alpha value is -0.120. The minimum Gasteiger partial charge on any atom is -0.378 e. The molecule has 1 N–H and O–H groups in total. The third-order valence-electron chi connectivity index (χ3n) is 5.35. The van der Waals surface area contributed by atoms with Crippen LogP contribution in [-0.2, 0) is 4.74 Å². The molecule has 0 radical (unpaired) electrons. The maximum absolute atomic E-state index is 5.74. The first-order chi connectivity index (χ1) is 9.70. The van der Waals surface area contributed by atoms with E-state index in [0.29, 0.717) is 12.1 Å². The maximum Gasteiger partial charge on any atom is 0.0576 e. The summed E-state index contributed by atoms with van der Waals surface area (Å²) in [5.74, 6) is 0.779. The fourth-order valence-electron chi connectivity index (χ4n) is 3.53. The van der Waals surface area contributed by atoms with E-state index < -0.39 is 0 Å². The predicted octanol–water partition coefficient (Wildman–Crippen LogP) is 3.04. The largest absolute Gasteiger partial charge is 0.378 e. The first kappa shape index (κ1) is 16.3. The molecule has 0 aromatic heterocycles. The third-order valence-corrected chi connectivity index (χ3v) is 5.35. The van der Waals surface area contributed by atoms with Gasteiger partial charge in [-0.05, 0) is 58.0 Å². The second-order valence-electron chi connectivity index (χ2n) is 6.86. The SMILES string of the molecule is CCC(C)C1CN(CCCC2CCCO2)C(C)CCN1. The molecule has 0 amide bonds. The van der Waals surface area contributed by atoms with Crippen molar-refractivity contribution in [3.05, 3.63) is 0 Å². The van der Waals surface area contributed by atoms with Crippen molar-refractivity contribution in [1.29, 1.82) is 0 Å². The van der Waals surface area contributed by atoms with E-state index in [2.05, 4.69) is 31.0 Å². The zero-order valence-electron chi connectivity index (χ0n) is 13.7. The van der Waals surface area contributed by atoms with Crippen molar-refractivity contribution in [3.63, 3.8) is 0 Å². The van der Waals surface area contributed by atoms with Gasteiger partial charge in [0.2, 0.25) is 0 Å². The lowest BCUT2D eigenvalue weighted by Gasteiger charge is -2.31. The van der Waals surface area contributed by atoms with E-state index in [1.54, 1.807) is 0 Å². The van der Waals surface area contributed by atoms with Crippen molar-refractivity contribution in [2.24, 2.45) is 5.92 Å². The summed E-state index contributed by atoms with van der Waals surface area (Å²) < 4.78 is 5.74. The monoisotopic (exact) mass is 282 g/mol. The van der Waals surface area contributed by atoms with E-state index in [9.17, 15) is 0 Å². The Morgan fingerprint density at radius 3 is 2.90 bits per heavy atom. The van der Waals surface area contributed by atoms with Gasteiger partial charge in [-0.15, -0.1) is 0 Å². The minimum absolute atomic E-state index is 0.556. The van der Waals surface area contributed by atoms with E-state index in [1.807, 2.05) is 0 Å². The molecule has 4 unspecified atom stereocenters. The first-order valence-corrected chi connectivity index (χ1v) is 8.79. The van der Waals surface area contributed by atoms with E-state index in [1.165, 1.54) is 58.2 Å². The highest BCUT2D eigenvalue weighted by Crippen LogP contribution is 2.19. The molecule has 2 fully saturated rings. The Balaban J connectivity index is 1.76. The molecule has 0 saturated carbocycles. The summed E-state index contributed by atoms with van der Waals surface area (Å²) in [6.45, 7) is 11.7. The van der Waals surface area contributed by atoms with Gasteiger partial charge in [0.1, 0.15) is 0 Å². The van der Waals surface area contributed by atoms with E-state index in [-0.39, 0.29) is 0 Å². The van der Waals surface area contributed by atoms with Crippen LogP contribution in [0.15, 0.2) is 0 Å². The summed E-state index contributed by atoms with van der Waals surface area (Å²) in [4.78, 5) is 2.71. The zero-order chi connectivity index (χ0) is 14.4. The number of hydrogen-bond acceptors (Lipinski definition) is 3. The van der Waals surface area contributed by atoms with Crippen LogP contribution >= 0.6 is 0 Å². The molecule has 0 bridgehead atoms. The van der Waals surface area contributed by atoms with Crippen molar-refractivity contribution in [1.82, 2.24) is 10.2 Å². The molecule has 3 nitrogen and oxygen atoms in total. The predicted molar refractivity (Wildman–Crippen MR) is 85.1 cm³/mol. The third kappa shape index (κ3) is 4.71. The minimum atomic E-state index is 0.556. The van der Waals surface area contributed by atoms with Crippen LogP contribution in [0.3, 0.4) is 0 Å². The topological polar surface area (TPSA) is 24.5 Å². The van der Waals surface area contributed by atoms with Crippen LogP contribution in [0, 0.1) is 5.92 Å². The van der Waals surface area contributed by atoms with E-state index >= 15 is 0 Å². The fraction of sp³-hybridized carbons (Fsp3) is 1.00. The molecule has 20 heavy (non-hydrogen) atoms.